The molecule has 6 heteroatoms. The summed E-state index contributed by atoms with van der Waals surface area (Å²) in [5, 5.41) is 15.2. The van der Waals surface area contributed by atoms with Crippen LogP contribution >= 0.6 is 0 Å². The van der Waals surface area contributed by atoms with Crippen molar-refractivity contribution in [2.45, 2.75) is 31.8 Å². The van der Waals surface area contributed by atoms with Crippen LogP contribution in [-0.2, 0) is 27.2 Å². The molecule has 36 heavy (non-hydrogen) atoms. The summed E-state index contributed by atoms with van der Waals surface area (Å²) in [7, 11) is 0. The lowest BCUT2D eigenvalue weighted by molar-refractivity contribution is -0.140. The molecule has 182 valence electrons. The number of rotatable bonds is 8. The smallest absolute Gasteiger partial charge is 0.339 e. The number of cyclic esters (lactones) is 1. The van der Waals surface area contributed by atoms with Crippen LogP contribution in [0.2, 0.25) is 0 Å². The molecule has 4 aromatic rings. The topological polar surface area (TPSA) is 91.4 Å². The molecule has 2 heterocycles. The van der Waals surface area contributed by atoms with E-state index in [0.29, 0.717) is 19.4 Å². The number of aliphatic hydroxyl groups is 1. The Labute approximate surface area is 209 Å². The number of H-pyrrole nitrogens is 1. The predicted molar refractivity (Wildman–Crippen MR) is 139 cm³/mol. The van der Waals surface area contributed by atoms with Gasteiger partial charge in [-0.3, -0.25) is 4.79 Å². The van der Waals surface area contributed by atoms with Crippen molar-refractivity contribution in [3.05, 3.63) is 119 Å². The van der Waals surface area contributed by atoms with Gasteiger partial charge in [-0.2, -0.15) is 0 Å². The summed E-state index contributed by atoms with van der Waals surface area (Å²) in [6.45, 7) is 1.95. The molecule has 3 N–H and O–H groups in total. The molecule has 2 unspecified atom stereocenters. The number of fused-ring (bicyclic) bond motifs is 1. The highest BCUT2D eigenvalue weighted by molar-refractivity contribution is 5.95. The first-order chi connectivity index (χ1) is 17.5. The second kappa shape index (κ2) is 10.1. The third-order valence-corrected chi connectivity index (χ3v) is 6.62. The quantitative estimate of drug-likeness (QED) is 0.311. The third-order valence-electron chi connectivity index (χ3n) is 6.62. The average Bonchev–Trinajstić information content (AvgIpc) is 3.38. The van der Waals surface area contributed by atoms with Crippen LogP contribution < -0.4 is 5.32 Å². The molecular formula is C30H28N2O4. The number of hydrogen-bond donors (Lipinski definition) is 3. The maximum Gasteiger partial charge on any atom is 0.339 e. The van der Waals surface area contributed by atoms with Gasteiger partial charge in [0, 0.05) is 36.5 Å². The van der Waals surface area contributed by atoms with E-state index in [1.807, 2.05) is 84.9 Å². The van der Waals surface area contributed by atoms with E-state index in [1.54, 1.807) is 0 Å². The van der Waals surface area contributed by atoms with Crippen LogP contribution in [0.15, 0.2) is 96.3 Å². The number of hydrogen-bond acceptors (Lipinski definition) is 4. The number of carbonyl (C=O) groups excluding carboxylic acids is 2. The number of ether oxygens (including phenoxy) is 1. The van der Waals surface area contributed by atoms with Gasteiger partial charge in [-0.25, -0.2) is 4.79 Å². The van der Waals surface area contributed by atoms with E-state index in [2.05, 4.69) is 10.3 Å². The Morgan fingerprint density at radius 3 is 2.39 bits per heavy atom. The van der Waals surface area contributed by atoms with Crippen molar-refractivity contribution >= 4 is 22.8 Å². The third kappa shape index (κ3) is 4.62. The summed E-state index contributed by atoms with van der Waals surface area (Å²) < 4.78 is 5.71. The van der Waals surface area contributed by atoms with Crippen molar-refractivity contribution in [3.63, 3.8) is 0 Å². The van der Waals surface area contributed by atoms with Crippen molar-refractivity contribution < 1.29 is 19.4 Å². The first kappa shape index (κ1) is 23.4. The number of nitrogens with one attached hydrogen (secondary N) is 2. The van der Waals surface area contributed by atoms with Gasteiger partial charge >= 0.3 is 5.97 Å². The van der Waals surface area contributed by atoms with Crippen LogP contribution in [0.4, 0.5) is 0 Å². The first-order valence-electron chi connectivity index (χ1n) is 12.1. The Kier molecular flexibility index (Phi) is 6.58. The lowest BCUT2D eigenvalue weighted by atomic mass is 9.84. The van der Waals surface area contributed by atoms with Gasteiger partial charge in [0.1, 0.15) is 5.76 Å². The Bertz CT molecular complexity index is 1420. The zero-order chi connectivity index (χ0) is 25.1. The summed E-state index contributed by atoms with van der Waals surface area (Å²) in [5.74, 6) is -1.21. The van der Waals surface area contributed by atoms with Crippen LogP contribution in [0.25, 0.3) is 10.9 Å². The standard InChI is InChI=1S/C30H28N2O4/c1-19(33)31-17-16-23-22-14-8-9-15-24(22)32-28(23)26(21-12-6-3-7-13-21)27-29(34)25(36-30(27)35)18-20-10-4-2-5-11-20/h2-15,25-26,32,34H,16-18H2,1H3,(H,31,33). The van der Waals surface area contributed by atoms with E-state index in [4.69, 9.17) is 4.74 Å². The van der Waals surface area contributed by atoms with Gasteiger partial charge in [-0.05, 0) is 29.2 Å². The zero-order valence-electron chi connectivity index (χ0n) is 20.0. The van der Waals surface area contributed by atoms with Gasteiger partial charge in [0.05, 0.1) is 11.5 Å². The molecule has 3 aromatic carbocycles. The number of para-hydroxylation sites is 1. The lowest BCUT2D eigenvalue weighted by Gasteiger charge is -2.19. The molecule has 1 aliphatic heterocycles. The summed E-state index contributed by atoms with van der Waals surface area (Å²) >= 11 is 0. The highest BCUT2D eigenvalue weighted by Gasteiger charge is 2.41. The minimum Gasteiger partial charge on any atom is -0.508 e. The van der Waals surface area contributed by atoms with Gasteiger partial charge in [0.15, 0.2) is 6.10 Å². The normalized spacial score (nSPS) is 16.2. The molecule has 6 nitrogen and oxygen atoms in total. The first-order valence-corrected chi connectivity index (χ1v) is 12.1. The van der Waals surface area contributed by atoms with E-state index < -0.39 is 18.0 Å². The minimum atomic E-state index is -0.742. The van der Waals surface area contributed by atoms with Gasteiger partial charge in [0.2, 0.25) is 5.91 Å². The molecule has 5 rings (SSSR count). The van der Waals surface area contributed by atoms with Crippen molar-refractivity contribution in [3.8, 4) is 0 Å². The highest BCUT2D eigenvalue weighted by atomic mass is 16.6. The Balaban J connectivity index is 1.63. The summed E-state index contributed by atoms with van der Waals surface area (Å²) in [6.07, 6.45) is 0.220. The maximum absolute atomic E-state index is 13.3. The molecule has 1 amide bonds. The monoisotopic (exact) mass is 480 g/mol. The van der Waals surface area contributed by atoms with Crippen LogP contribution in [0.5, 0.6) is 0 Å². The number of esters is 1. The Morgan fingerprint density at radius 2 is 1.67 bits per heavy atom. The summed E-state index contributed by atoms with van der Waals surface area (Å²) in [4.78, 5) is 28.3. The fourth-order valence-electron chi connectivity index (χ4n) is 4.98. The largest absolute Gasteiger partial charge is 0.508 e. The molecule has 1 aromatic heterocycles. The van der Waals surface area contributed by atoms with E-state index in [0.717, 1.165) is 33.3 Å². The van der Waals surface area contributed by atoms with E-state index in [9.17, 15) is 14.7 Å². The molecular weight excluding hydrogens is 452 g/mol. The van der Waals surface area contributed by atoms with Crippen LogP contribution in [-0.4, -0.2) is 34.6 Å². The molecule has 0 saturated carbocycles. The second-order valence-corrected chi connectivity index (χ2v) is 9.02. The Hall–Kier alpha value is -4.32. The van der Waals surface area contributed by atoms with Gasteiger partial charge in [-0.1, -0.05) is 78.9 Å². The van der Waals surface area contributed by atoms with Crippen molar-refractivity contribution in [2.24, 2.45) is 0 Å². The summed E-state index contributed by atoms with van der Waals surface area (Å²) in [6, 6.07) is 27.3. The highest BCUT2D eigenvalue weighted by Crippen LogP contribution is 2.41. The van der Waals surface area contributed by atoms with E-state index in [1.165, 1.54) is 6.92 Å². The van der Waals surface area contributed by atoms with Gasteiger partial charge < -0.3 is 20.1 Å². The van der Waals surface area contributed by atoms with Crippen LogP contribution in [0, 0.1) is 0 Å². The lowest BCUT2D eigenvalue weighted by Crippen LogP contribution is -2.23. The van der Waals surface area contributed by atoms with Crippen molar-refractivity contribution in [1.29, 1.82) is 0 Å². The molecule has 1 aliphatic rings. The summed E-state index contributed by atoms with van der Waals surface area (Å²) in [5.41, 5.74) is 4.82. The van der Waals surface area contributed by atoms with Crippen LogP contribution in [0.3, 0.4) is 0 Å². The number of benzene rings is 3. The SMILES string of the molecule is CC(=O)NCCc1c(C(C2=C(O)C(Cc3ccccc3)OC2=O)c2ccccc2)[nH]c2ccccc12. The number of aromatic nitrogens is 1. The molecule has 0 bridgehead atoms. The molecule has 0 fully saturated rings. The zero-order valence-corrected chi connectivity index (χ0v) is 20.0. The number of aromatic amines is 1. The van der Waals surface area contributed by atoms with Crippen molar-refractivity contribution in [1.82, 2.24) is 10.3 Å². The molecule has 2 atom stereocenters. The van der Waals surface area contributed by atoms with Gasteiger partial charge in [-0.15, -0.1) is 0 Å². The molecule has 0 radical (unpaired) electrons. The number of amides is 1. The fraction of sp³-hybridized carbons (Fsp3) is 0.200. The van der Waals surface area contributed by atoms with E-state index >= 15 is 0 Å². The Morgan fingerprint density at radius 1 is 1.00 bits per heavy atom. The number of carbonyl (C=O) groups is 2. The maximum atomic E-state index is 13.3. The van der Waals surface area contributed by atoms with Gasteiger partial charge in [0.25, 0.3) is 0 Å². The second-order valence-electron chi connectivity index (χ2n) is 9.02. The molecule has 0 aliphatic carbocycles. The molecule has 0 saturated heterocycles. The predicted octanol–water partition coefficient (Wildman–Crippen LogP) is 4.96. The average molecular weight is 481 g/mol. The van der Waals surface area contributed by atoms with Crippen molar-refractivity contribution in [2.75, 3.05) is 6.54 Å². The number of aliphatic hydroxyl groups excluding tert-OH is 1. The minimum absolute atomic E-state index is 0.0378. The molecule has 0 spiro atoms. The fourth-order valence-corrected chi connectivity index (χ4v) is 4.98. The van der Waals surface area contributed by atoms with Crippen LogP contribution in [0.1, 0.15) is 35.2 Å². The van der Waals surface area contributed by atoms with E-state index in [-0.39, 0.29) is 17.2 Å².